The molecule has 0 aromatic heterocycles. The monoisotopic (exact) mass is 564 g/mol. The quantitative estimate of drug-likeness (QED) is 0.0908. The molecule has 2 atom stereocenters. The minimum absolute atomic E-state index is 0.217. The molecule has 0 bridgehead atoms. The zero-order chi connectivity index (χ0) is 23.1. The highest BCUT2D eigenvalue weighted by molar-refractivity contribution is 14.1. The molecule has 0 aromatic rings. The molecule has 0 aromatic carbocycles. The molecule has 0 saturated heterocycles. The Morgan fingerprint density at radius 2 is 1.00 bits per heavy atom. The van der Waals surface area contributed by atoms with E-state index >= 15 is 0 Å². The summed E-state index contributed by atoms with van der Waals surface area (Å²) in [6, 6.07) is 0. The standard InChI is InChI=1S/C17H24F11I/c1-2-3-4-5-6-7-8-9-10-12(29)11-13(18,16(23,24)25)14(19,20)15(21,22)17(26,27)28/h12H,2-11H2,1H3. The summed E-state index contributed by atoms with van der Waals surface area (Å²) in [7, 11) is 0. The van der Waals surface area contributed by atoms with Crippen molar-refractivity contribution in [2.24, 2.45) is 0 Å². The third-order valence-electron chi connectivity index (χ3n) is 4.57. The molecule has 0 fully saturated rings. The van der Waals surface area contributed by atoms with Crippen molar-refractivity contribution >= 4 is 22.6 Å². The fraction of sp³-hybridized carbons (Fsp3) is 1.00. The highest BCUT2D eigenvalue weighted by Crippen LogP contribution is 2.59. The van der Waals surface area contributed by atoms with Crippen molar-refractivity contribution in [3.8, 4) is 0 Å². The molecule has 12 heteroatoms. The van der Waals surface area contributed by atoms with E-state index in [4.69, 9.17) is 0 Å². The van der Waals surface area contributed by atoms with Gasteiger partial charge in [-0.25, -0.2) is 4.39 Å². The highest BCUT2D eigenvalue weighted by atomic mass is 127. The van der Waals surface area contributed by atoms with E-state index in [0.717, 1.165) is 32.1 Å². The fourth-order valence-corrected chi connectivity index (χ4v) is 3.80. The number of hydrogen-bond donors (Lipinski definition) is 0. The predicted molar refractivity (Wildman–Crippen MR) is 95.5 cm³/mol. The van der Waals surface area contributed by atoms with Gasteiger partial charge in [-0.3, -0.25) is 0 Å². The maximum Gasteiger partial charge on any atom is 0.460 e. The topological polar surface area (TPSA) is 0 Å². The summed E-state index contributed by atoms with van der Waals surface area (Å²) in [5, 5.41) is 0. The van der Waals surface area contributed by atoms with Crippen LogP contribution in [0.3, 0.4) is 0 Å². The number of alkyl halides is 12. The maximum absolute atomic E-state index is 14.2. The third-order valence-corrected chi connectivity index (χ3v) is 5.63. The van der Waals surface area contributed by atoms with Gasteiger partial charge in [0.25, 0.3) is 5.67 Å². The molecule has 0 heterocycles. The highest BCUT2D eigenvalue weighted by Gasteiger charge is 2.86. The Hall–Kier alpha value is -0.0400. The average Bonchev–Trinajstić information content (AvgIpc) is 2.54. The Balaban J connectivity index is 5.05. The van der Waals surface area contributed by atoms with Crippen LogP contribution in [0.5, 0.6) is 0 Å². The Kier molecular flexibility index (Phi) is 11.0. The second-order valence-electron chi connectivity index (χ2n) is 7.01. The van der Waals surface area contributed by atoms with Crippen LogP contribution in [-0.2, 0) is 0 Å². The first-order valence-corrected chi connectivity index (χ1v) is 10.4. The van der Waals surface area contributed by atoms with Crippen molar-refractivity contribution in [2.45, 2.75) is 105 Å². The van der Waals surface area contributed by atoms with Gasteiger partial charge in [0.05, 0.1) is 0 Å². The molecule has 0 saturated carbocycles. The van der Waals surface area contributed by atoms with Crippen LogP contribution in [0.4, 0.5) is 48.3 Å². The van der Waals surface area contributed by atoms with Gasteiger partial charge in [0.1, 0.15) is 0 Å². The first kappa shape index (κ1) is 29.0. The van der Waals surface area contributed by atoms with Crippen molar-refractivity contribution in [2.75, 3.05) is 0 Å². The number of halogens is 12. The summed E-state index contributed by atoms with van der Waals surface area (Å²) >= 11 is 1.18. The fourth-order valence-electron chi connectivity index (χ4n) is 2.76. The van der Waals surface area contributed by atoms with Crippen LogP contribution in [-0.4, -0.2) is 33.8 Å². The average molecular weight is 564 g/mol. The molecular formula is C17H24F11I. The molecule has 0 radical (unpaired) electrons. The molecular weight excluding hydrogens is 540 g/mol. The smallest absolute Gasteiger partial charge is 0.227 e. The SMILES string of the molecule is CCCCCCCCCCC(I)CC(F)(C(F)(F)F)C(F)(F)C(F)(F)C(F)(F)F. The molecule has 176 valence electrons. The minimum Gasteiger partial charge on any atom is -0.227 e. The molecule has 29 heavy (non-hydrogen) atoms. The van der Waals surface area contributed by atoms with E-state index in [1.54, 1.807) is 0 Å². The lowest BCUT2D eigenvalue weighted by molar-refractivity contribution is -0.412. The Morgan fingerprint density at radius 1 is 0.586 bits per heavy atom. The van der Waals surface area contributed by atoms with E-state index in [-0.39, 0.29) is 12.8 Å². The van der Waals surface area contributed by atoms with Crippen molar-refractivity contribution < 1.29 is 48.3 Å². The summed E-state index contributed by atoms with van der Waals surface area (Å²) in [6.07, 6.45) is -9.74. The van der Waals surface area contributed by atoms with E-state index in [9.17, 15) is 48.3 Å². The first-order chi connectivity index (χ1) is 13.0. The van der Waals surface area contributed by atoms with Crippen molar-refractivity contribution in [3.05, 3.63) is 0 Å². The molecule has 0 N–H and O–H groups in total. The molecule has 0 aliphatic rings. The van der Waals surface area contributed by atoms with Gasteiger partial charge in [-0.1, -0.05) is 80.9 Å². The zero-order valence-electron chi connectivity index (χ0n) is 15.7. The van der Waals surface area contributed by atoms with E-state index in [1.807, 2.05) is 6.92 Å². The summed E-state index contributed by atoms with van der Waals surface area (Å²) in [6.45, 7) is 2.03. The summed E-state index contributed by atoms with van der Waals surface area (Å²) in [5.41, 5.74) is -6.02. The van der Waals surface area contributed by atoms with Gasteiger partial charge < -0.3 is 0 Å². The molecule has 0 aliphatic carbocycles. The molecule has 0 amide bonds. The van der Waals surface area contributed by atoms with Crippen LogP contribution in [0.1, 0.15) is 71.1 Å². The third kappa shape index (κ3) is 7.26. The number of rotatable bonds is 13. The Bertz CT molecular complexity index is 473. The van der Waals surface area contributed by atoms with Crippen LogP contribution in [0.25, 0.3) is 0 Å². The van der Waals surface area contributed by atoms with Gasteiger partial charge >= 0.3 is 24.2 Å². The lowest BCUT2D eigenvalue weighted by Crippen LogP contribution is -2.67. The Morgan fingerprint density at radius 3 is 1.38 bits per heavy atom. The van der Waals surface area contributed by atoms with Gasteiger partial charge in [-0.15, -0.1) is 0 Å². The predicted octanol–water partition coefficient (Wildman–Crippen LogP) is 8.81. The van der Waals surface area contributed by atoms with E-state index in [0.29, 0.717) is 12.8 Å². The minimum atomic E-state index is -7.18. The number of hydrogen-bond acceptors (Lipinski definition) is 0. The summed E-state index contributed by atoms with van der Waals surface area (Å²) in [5.74, 6) is -14.2. The lowest BCUT2D eigenvalue weighted by Gasteiger charge is -2.40. The van der Waals surface area contributed by atoms with Gasteiger partial charge in [-0.05, 0) is 6.42 Å². The van der Waals surface area contributed by atoms with Crippen molar-refractivity contribution in [1.29, 1.82) is 0 Å². The van der Waals surface area contributed by atoms with E-state index < -0.39 is 40.2 Å². The largest absolute Gasteiger partial charge is 0.460 e. The van der Waals surface area contributed by atoms with Gasteiger partial charge in [0, 0.05) is 10.3 Å². The number of unbranched alkanes of at least 4 members (excludes halogenated alkanes) is 7. The van der Waals surface area contributed by atoms with Gasteiger partial charge in [0.2, 0.25) is 0 Å². The van der Waals surface area contributed by atoms with Gasteiger partial charge in [0.15, 0.2) is 0 Å². The van der Waals surface area contributed by atoms with Crippen LogP contribution >= 0.6 is 22.6 Å². The molecule has 0 rings (SSSR count). The van der Waals surface area contributed by atoms with E-state index in [2.05, 4.69) is 0 Å². The van der Waals surface area contributed by atoms with Crippen LogP contribution < -0.4 is 0 Å². The first-order valence-electron chi connectivity index (χ1n) is 9.17. The Labute approximate surface area is 176 Å². The molecule has 0 nitrogen and oxygen atoms in total. The van der Waals surface area contributed by atoms with Gasteiger partial charge in [-0.2, -0.15) is 43.9 Å². The van der Waals surface area contributed by atoms with E-state index in [1.165, 1.54) is 22.6 Å². The molecule has 0 spiro atoms. The van der Waals surface area contributed by atoms with Crippen molar-refractivity contribution in [3.63, 3.8) is 0 Å². The lowest BCUT2D eigenvalue weighted by atomic mass is 9.86. The van der Waals surface area contributed by atoms with Crippen molar-refractivity contribution in [1.82, 2.24) is 0 Å². The second kappa shape index (κ2) is 11.0. The van der Waals surface area contributed by atoms with Crippen LogP contribution in [0, 0.1) is 0 Å². The zero-order valence-corrected chi connectivity index (χ0v) is 17.8. The maximum atomic E-state index is 14.2. The molecule has 0 aliphatic heterocycles. The summed E-state index contributed by atoms with van der Waals surface area (Å²) in [4.78, 5) is 0. The summed E-state index contributed by atoms with van der Waals surface area (Å²) < 4.78 is 141. The second-order valence-corrected chi connectivity index (χ2v) is 8.77. The van der Waals surface area contributed by atoms with Crippen LogP contribution in [0.2, 0.25) is 0 Å². The molecule has 2 unspecified atom stereocenters. The van der Waals surface area contributed by atoms with Crippen LogP contribution in [0.15, 0.2) is 0 Å². The normalized spacial score (nSPS) is 17.3.